The van der Waals surface area contributed by atoms with Gasteiger partial charge in [-0.15, -0.1) is 0 Å². The second-order valence-corrected chi connectivity index (χ2v) is 21.5. The van der Waals surface area contributed by atoms with Crippen LogP contribution >= 0.6 is 0 Å². The van der Waals surface area contributed by atoms with E-state index in [2.05, 4.69) is 0 Å². The highest BCUT2D eigenvalue weighted by Gasteiger charge is 2.31. The molecule has 0 radical (unpaired) electrons. The molecule has 0 amide bonds. The van der Waals surface area contributed by atoms with E-state index >= 15 is 0 Å². The Balaban J connectivity index is 1.52. The minimum absolute atomic E-state index is 0.00257. The topological polar surface area (TPSA) is 179 Å². The van der Waals surface area contributed by atoms with Gasteiger partial charge in [0.05, 0.1) is 39.4 Å². The monoisotopic (exact) mass is 878 g/mol. The number of aryl methyl sites for hydroxylation is 4. The Hall–Kier alpha value is -3.56. The zero-order valence-electron chi connectivity index (χ0n) is 33.6. The first-order valence-corrected chi connectivity index (χ1v) is 24.6. The van der Waals surface area contributed by atoms with Gasteiger partial charge in [0.1, 0.15) is 0 Å². The van der Waals surface area contributed by atoms with Crippen LogP contribution in [0.2, 0.25) is 0 Å². The Kier molecular flexibility index (Phi) is 16.7. The largest absolute Gasteiger partial charge is 0.395 e. The van der Waals surface area contributed by atoms with E-state index in [1.165, 1.54) is 52.8 Å². The van der Waals surface area contributed by atoms with Gasteiger partial charge in [-0.05, 0) is 76.2 Å². The summed E-state index contributed by atoms with van der Waals surface area (Å²) in [6.45, 7) is 6.69. The van der Waals surface area contributed by atoms with E-state index in [1.54, 1.807) is 55.5 Å². The average Bonchev–Trinajstić information content (AvgIpc) is 3.18. The van der Waals surface area contributed by atoms with Gasteiger partial charge in [-0.25, -0.2) is 33.7 Å². The van der Waals surface area contributed by atoms with Crippen molar-refractivity contribution in [1.29, 1.82) is 0 Å². The van der Waals surface area contributed by atoms with E-state index < -0.39 is 46.7 Å². The molecule has 14 nitrogen and oxygen atoms in total. The van der Waals surface area contributed by atoms with Gasteiger partial charge >= 0.3 is 0 Å². The van der Waals surface area contributed by atoms with E-state index in [9.17, 15) is 38.8 Å². The standard InChI is InChI=1S/C40H54N4O10S4/c1-6-41(55(46,47)37-15-7-33(2)8-16-37)23-24-43(57(50,51)39-19-11-35(4)12-20-39)28-31-54-32-29-44(58(52,53)40-21-13-36(5)14-22-40)26-25-42(27-30-45)56(48,49)38-17-9-34(3)10-18-38/h7-22,45H,6,23-32H2,1-5H3. The van der Waals surface area contributed by atoms with E-state index in [0.717, 1.165) is 35.2 Å². The van der Waals surface area contributed by atoms with Crippen molar-refractivity contribution in [1.82, 2.24) is 17.2 Å². The lowest BCUT2D eigenvalue weighted by Crippen LogP contribution is -2.43. The molecule has 4 aromatic rings. The smallest absolute Gasteiger partial charge is 0.243 e. The van der Waals surface area contributed by atoms with E-state index in [4.69, 9.17) is 4.74 Å². The molecule has 4 rings (SSSR count). The maximum absolute atomic E-state index is 13.9. The van der Waals surface area contributed by atoms with Gasteiger partial charge in [0, 0.05) is 52.4 Å². The lowest BCUT2D eigenvalue weighted by Gasteiger charge is -2.28. The second kappa shape index (κ2) is 20.6. The molecule has 0 saturated heterocycles. The summed E-state index contributed by atoms with van der Waals surface area (Å²) >= 11 is 0. The summed E-state index contributed by atoms with van der Waals surface area (Å²) in [5.41, 5.74) is 3.44. The number of nitrogens with zero attached hydrogens (tertiary/aromatic N) is 4. The zero-order chi connectivity index (χ0) is 42.7. The van der Waals surface area contributed by atoms with E-state index in [0.29, 0.717) is 0 Å². The van der Waals surface area contributed by atoms with Gasteiger partial charge in [0.15, 0.2) is 0 Å². The lowest BCUT2D eigenvalue weighted by atomic mass is 10.2. The third-order valence-electron chi connectivity index (χ3n) is 9.50. The predicted octanol–water partition coefficient (Wildman–Crippen LogP) is 4.01. The summed E-state index contributed by atoms with van der Waals surface area (Å²) in [4.78, 5) is 0.104. The quantitative estimate of drug-likeness (QED) is 0.107. The summed E-state index contributed by atoms with van der Waals surface area (Å²) in [7, 11) is -16.3. The summed E-state index contributed by atoms with van der Waals surface area (Å²) in [5, 5.41) is 9.75. The summed E-state index contributed by atoms with van der Waals surface area (Å²) in [6, 6.07) is 25.1. The van der Waals surface area contributed by atoms with Crippen LogP contribution in [0.3, 0.4) is 0 Å². The average molecular weight is 879 g/mol. The molecule has 58 heavy (non-hydrogen) atoms. The number of likely N-dealkylation sites (N-methyl/N-ethyl adjacent to an activating group) is 1. The highest BCUT2D eigenvalue weighted by Crippen LogP contribution is 2.22. The van der Waals surface area contributed by atoms with Crippen LogP contribution in [-0.2, 0) is 44.8 Å². The first-order chi connectivity index (χ1) is 27.3. The maximum atomic E-state index is 13.9. The fraction of sp³-hybridized carbons (Fsp3) is 0.400. The van der Waals surface area contributed by atoms with Crippen molar-refractivity contribution in [2.45, 2.75) is 54.2 Å². The molecule has 18 heteroatoms. The van der Waals surface area contributed by atoms with Crippen LogP contribution in [0.15, 0.2) is 117 Å². The van der Waals surface area contributed by atoms with Crippen LogP contribution in [0.25, 0.3) is 0 Å². The molecule has 0 saturated carbocycles. The molecular formula is C40H54N4O10S4. The molecule has 1 N–H and O–H groups in total. The molecule has 0 unspecified atom stereocenters. The molecule has 0 atom stereocenters. The molecule has 318 valence electrons. The third kappa shape index (κ3) is 12.0. The molecule has 0 aliphatic rings. The van der Waals surface area contributed by atoms with Gasteiger partial charge in [-0.1, -0.05) is 77.7 Å². The Labute approximate surface area is 344 Å². The third-order valence-corrected chi connectivity index (χ3v) is 17.2. The van der Waals surface area contributed by atoms with Gasteiger partial charge in [-0.2, -0.15) is 17.2 Å². The van der Waals surface area contributed by atoms with Crippen molar-refractivity contribution in [3.63, 3.8) is 0 Å². The van der Waals surface area contributed by atoms with Crippen LogP contribution in [-0.4, -0.2) is 128 Å². The number of benzene rings is 4. The van der Waals surface area contributed by atoms with Crippen LogP contribution in [0.1, 0.15) is 29.2 Å². The molecule has 4 aromatic carbocycles. The number of aliphatic hydroxyl groups is 1. The predicted molar refractivity (Wildman–Crippen MR) is 223 cm³/mol. The Morgan fingerprint density at radius 3 is 0.897 bits per heavy atom. The Morgan fingerprint density at radius 2 is 0.638 bits per heavy atom. The SMILES string of the molecule is CCN(CCN(CCOCCN(CCN(CCO)S(=O)(=O)c1ccc(C)cc1)S(=O)(=O)c1ccc(C)cc1)S(=O)(=O)c1ccc(C)cc1)S(=O)(=O)c1ccc(C)cc1. The van der Waals surface area contributed by atoms with Crippen LogP contribution in [0, 0.1) is 27.7 Å². The summed E-state index contributed by atoms with van der Waals surface area (Å²) in [6.07, 6.45) is 0. The number of sulfonamides is 4. The van der Waals surface area contributed by atoms with Crippen molar-refractivity contribution in [2.24, 2.45) is 0 Å². The van der Waals surface area contributed by atoms with E-state index in [-0.39, 0.29) is 85.2 Å². The van der Waals surface area contributed by atoms with Crippen molar-refractivity contribution < 1.29 is 43.5 Å². The van der Waals surface area contributed by atoms with Gasteiger partial charge in [-0.3, -0.25) is 0 Å². The number of aliphatic hydroxyl groups excluding tert-OH is 1. The Bertz CT molecular complexity index is 2380. The van der Waals surface area contributed by atoms with Crippen molar-refractivity contribution in [3.05, 3.63) is 119 Å². The summed E-state index contributed by atoms with van der Waals surface area (Å²) < 4.78 is 120. The highest BCUT2D eigenvalue weighted by molar-refractivity contribution is 7.90. The number of hydrogen-bond donors (Lipinski definition) is 1. The maximum Gasteiger partial charge on any atom is 0.243 e. The van der Waals surface area contributed by atoms with Crippen LogP contribution in [0.5, 0.6) is 0 Å². The van der Waals surface area contributed by atoms with E-state index in [1.807, 2.05) is 27.7 Å². The minimum Gasteiger partial charge on any atom is -0.395 e. The molecule has 0 aliphatic heterocycles. The molecule has 0 bridgehead atoms. The van der Waals surface area contributed by atoms with Gasteiger partial charge in [0.25, 0.3) is 0 Å². The van der Waals surface area contributed by atoms with Crippen molar-refractivity contribution >= 4 is 40.1 Å². The fourth-order valence-electron chi connectivity index (χ4n) is 5.93. The molecule has 0 fully saturated rings. The van der Waals surface area contributed by atoms with Crippen molar-refractivity contribution in [3.8, 4) is 0 Å². The van der Waals surface area contributed by atoms with Gasteiger partial charge in [0.2, 0.25) is 40.1 Å². The Morgan fingerprint density at radius 1 is 0.397 bits per heavy atom. The van der Waals surface area contributed by atoms with Crippen LogP contribution < -0.4 is 0 Å². The van der Waals surface area contributed by atoms with Crippen molar-refractivity contribution in [2.75, 3.05) is 72.2 Å². The number of rotatable bonds is 23. The molecule has 0 aromatic heterocycles. The molecule has 0 spiro atoms. The first-order valence-electron chi connectivity index (χ1n) is 18.8. The molecule has 0 heterocycles. The second-order valence-electron chi connectivity index (χ2n) is 13.8. The number of ether oxygens (including phenoxy) is 1. The minimum atomic E-state index is -4.17. The lowest BCUT2D eigenvalue weighted by molar-refractivity contribution is 0.111. The zero-order valence-corrected chi connectivity index (χ0v) is 36.8. The molecule has 0 aliphatic carbocycles. The number of hydrogen-bond acceptors (Lipinski definition) is 10. The summed E-state index contributed by atoms with van der Waals surface area (Å²) in [5.74, 6) is 0. The normalized spacial score (nSPS) is 12.9. The van der Waals surface area contributed by atoms with Gasteiger partial charge < -0.3 is 9.84 Å². The fourth-order valence-corrected chi connectivity index (χ4v) is 11.6. The molecular weight excluding hydrogens is 825 g/mol. The highest BCUT2D eigenvalue weighted by atomic mass is 32.2. The first kappa shape index (κ1) is 47.1. The van der Waals surface area contributed by atoms with Crippen LogP contribution in [0.4, 0.5) is 0 Å².